The van der Waals surface area contributed by atoms with Gasteiger partial charge in [0, 0.05) is 52.2 Å². The summed E-state index contributed by atoms with van der Waals surface area (Å²) in [6.07, 6.45) is 1.49. The van der Waals surface area contributed by atoms with Gasteiger partial charge in [0.1, 0.15) is 0 Å². The molecule has 5 heteroatoms. The van der Waals surface area contributed by atoms with Crippen molar-refractivity contribution in [3.05, 3.63) is 0 Å². The van der Waals surface area contributed by atoms with Crippen molar-refractivity contribution in [2.24, 2.45) is 0 Å². The van der Waals surface area contributed by atoms with Gasteiger partial charge in [-0.3, -0.25) is 14.5 Å². The van der Waals surface area contributed by atoms with Crippen LogP contribution in [0.5, 0.6) is 0 Å². The standard InChI is InChI=1S/C12H23N3O2/c1-3-15(4-2)12(17)5-6-13-7-9-14(11-16)10-8-13/h11H,3-10H2,1-2H3. The van der Waals surface area contributed by atoms with Crippen LogP contribution in [0, 0.1) is 0 Å². The average molecular weight is 241 g/mol. The first-order chi connectivity index (χ1) is 8.21. The first-order valence-corrected chi connectivity index (χ1v) is 6.40. The maximum absolute atomic E-state index is 11.8. The molecule has 0 aromatic carbocycles. The second kappa shape index (κ2) is 7.27. The highest BCUT2D eigenvalue weighted by atomic mass is 16.2. The second-order valence-corrected chi connectivity index (χ2v) is 4.30. The van der Waals surface area contributed by atoms with Crippen molar-refractivity contribution in [2.75, 3.05) is 45.8 Å². The lowest BCUT2D eigenvalue weighted by atomic mass is 10.3. The molecular formula is C12H23N3O2. The number of amides is 2. The number of hydrogen-bond donors (Lipinski definition) is 0. The Kier molecular flexibility index (Phi) is 5.97. The Hall–Kier alpha value is -1.10. The van der Waals surface area contributed by atoms with Crippen LogP contribution < -0.4 is 0 Å². The van der Waals surface area contributed by atoms with Gasteiger partial charge in [-0.25, -0.2) is 0 Å². The van der Waals surface area contributed by atoms with E-state index in [2.05, 4.69) is 4.90 Å². The Bertz CT molecular complexity index is 246. The molecule has 0 aromatic rings. The summed E-state index contributed by atoms with van der Waals surface area (Å²) in [6, 6.07) is 0. The molecule has 1 rings (SSSR count). The van der Waals surface area contributed by atoms with Crippen LogP contribution in [0.2, 0.25) is 0 Å². The molecule has 0 saturated carbocycles. The molecule has 1 aliphatic heterocycles. The van der Waals surface area contributed by atoms with E-state index in [0.717, 1.165) is 52.2 Å². The normalized spacial score (nSPS) is 16.9. The lowest BCUT2D eigenvalue weighted by molar-refractivity contribution is -0.131. The molecule has 5 nitrogen and oxygen atoms in total. The largest absolute Gasteiger partial charge is 0.343 e. The Balaban J connectivity index is 2.23. The molecule has 1 aliphatic rings. The molecule has 2 amide bonds. The van der Waals surface area contributed by atoms with Crippen molar-refractivity contribution in [1.82, 2.24) is 14.7 Å². The highest BCUT2D eigenvalue weighted by molar-refractivity contribution is 5.76. The molecule has 0 radical (unpaired) electrons. The van der Waals surface area contributed by atoms with Crippen molar-refractivity contribution in [3.8, 4) is 0 Å². The molecule has 1 saturated heterocycles. The van der Waals surface area contributed by atoms with Gasteiger partial charge in [-0.2, -0.15) is 0 Å². The molecule has 98 valence electrons. The van der Waals surface area contributed by atoms with Gasteiger partial charge in [0.2, 0.25) is 12.3 Å². The molecule has 0 unspecified atom stereocenters. The molecule has 17 heavy (non-hydrogen) atoms. The Labute approximate surface area is 103 Å². The van der Waals surface area contributed by atoms with E-state index >= 15 is 0 Å². The second-order valence-electron chi connectivity index (χ2n) is 4.30. The molecule has 0 spiro atoms. The summed E-state index contributed by atoms with van der Waals surface area (Å²) in [4.78, 5) is 28.2. The van der Waals surface area contributed by atoms with Crippen LogP contribution in [0.1, 0.15) is 20.3 Å². The molecular weight excluding hydrogens is 218 g/mol. The number of piperazine rings is 1. The summed E-state index contributed by atoms with van der Waals surface area (Å²) in [5.41, 5.74) is 0. The van der Waals surface area contributed by atoms with E-state index in [0.29, 0.717) is 6.42 Å². The van der Waals surface area contributed by atoms with E-state index in [9.17, 15) is 9.59 Å². The molecule has 0 bridgehead atoms. The fraction of sp³-hybridized carbons (Fsp3) is 0.833. The van der Waals surface area contributed by atoms with Gasteiger partial charge in [-0.15, -0.1) is 0 Å². The van der Waals surface area contributed by atoms with Crippen LogP contribution in [-0.2, 0) is 9.59 Å². The third-order valence-corrected chi connectivity index (χ3v) is 3.31. The Morgan fingerprint density at radius 2 is 1.76 bits per heavy atom. The summed E-state index contributed by atoms with van der Waals surface area (Å²) >= 11 is 0. The van der Waals surface area contributed by atoms with Gasteiger partial charge in [0.05, 0.1) is 0 Å². The lowest BCUT2D eigenvalue weighted by Crippen LogP contribution is -2.46. The molecule has 0 atom stereocenters. The SMILES string of the molecule is CCN(CC)C(=O)CCN1CCN(C=O)CC1. The molecule has 0 N–H and O–H groups in total. The lowest BCUT2D eigenvalue weighted by Gasteiger charge is -2.32. The minimum atomic E-state index is 0.229. The van der Waals surface area contributed by atoms with Crippen LogP contribution in [-0.4, -0.2) is 72.8 Å². The monoisotopic (exact) mass is 241 g/mol. The zero-order valence-electron chi connectivity index (χ0n) is 10.9. The molecule has 1 heterocycles. The minimum absolute atomic E-state index is 0.229. The van der Waals surface area contributed by atoms with Gasteiger partial charge in [0.15, 0.2) is 0 Å². The Morgan fingerprint density at radius 3 is 2.24 bits per heavy atom. The fourth-order valence-corrected chi connectivity index (χ4v) is 2.08. The smallest absolute Gasteiger partial charge is 0.223 e. The van der Waals surface area contributed by atoms with E-state index in [1.165, 1.54) is 0 Å². The first kappa shape index (κ1) is 14.0. The third-order valence-electron chi connectivity index (χ3n) is 3.31. The van der Waals surface area contributed by atoms with Gasteiger partial charge >= 0.3 is 0 Å². The van der Waals surface area contributed by atoms with Crippen molar-refractivity contribution in [3.63, 3.8) is 0 Å². The number of carbonyl (C=O) groups is 2. The van der Waals surface area contributed by atoms with Crippen molar-refractivity contribution >= 4 is 12.3 Å². The van der Waals surface area contributed by atoms with Gasteiger partial charge in [0.25, 0.3) is 0 Å². The zero-order valence-corrected chi connectivity index (χ0v) is 10.9. The molecule has 1 fully saturated rings. The summed E-state index contributed by atoms with van der Waals surface area (Å²) in [5.74, 6) is 0.229. The van der Waals surface area contributed by atoms with Crippen LogP contribution in [0.4, 0.5) is 0 Å². The van der Waals surface area contributed by atoms with E-state index in [1.807, 2.05) is 18.7 Å². The van der Waals surface area contributed by atoms with Crippen molar-refractivity contribution in [2.45, 2.75) is 20.3 Å². The number of nitrogens with zero attached hydrogens (tertiary/aromatic N) is 3. The zero-order chi connectivity index (χ0) is 12.7. The number of hydrogen-bond acceptors (Lipinski definition) is 3. The quantitative estimate of drug-likeness (QED) is 0.616. The average Bonchev–Trinajstić information content (AvgIpc) is 2.38. The summed E-state index contributed by atoms with van der Waals surface area (Å²) in [7, 11) is 0. The van der Waals surface area contributed by atoms with Crippen LogP contribution in [0.25, 0.3) is 0 Å². The summed E-state index contributed by atoms with van der Waals surface area (Å²) in [6.45, 7) is 9.71. The summed E-state index contributed by atoms with van der Waals surface area (Å²) in [5, 5.41) is 0. The predicted octanol–water partition coefficient (Wildman–Crippen LogP) is 0.0189. The van der Waals surface area contributed by atoms with Gasteiger partial charge in [-0.1, -0.05) is 0 Å². The Morgan fingerprint density at radius 1 is 1.18 bits per heavy atom. The molecule has 0 aromatic heterocycles. The highest BCUT2D eigenvalue weighted by Crippen LogP contribution is 2.02. The van der Waals surface area contributed by atoms with E-state index in [1.54, 1.807) is 4.90 Å². The maximum Gasteiger partial charge on any atom is 0.223 e. The topological polar surface area (TPSA) is 43.9 Å². The van der Waals surface area contributed by atoms with Crippen molar-refractivity contribution in [1.29, 1.82) is 0 Å². The highest BCUT2D eigenvalue weighted by Gasteiger charge is 2.17. The maximum atomic E-state index is 11.8. The van der Waals surface area contributed by atoms with E-state index in [4.69, 9.17) is 0 Å². The van der Waals surface area contributed by atoms with Crippen LogP contribution in [0.15, 0.2) is 0 Å². The first-order valence-electron chi connectivity index (χ1n) is 6.40. The van der Waals surface area contributed by atoms with Gasteiger partial charge < -0.3 is 9.80 Å². The third kappa shape index (κ3) is 4.34. The van der Waals surface area contributed by atoms with Crippen LogP contribution in [0.3, 0.4) is 0 Å². The predicted molar refractivity (Wildman–Crippen MR) is 66.6 cm³/mol. The molecule has 0 aliphatic carbocycles. The van der Waals surface area contributed by atoms with Crippen molar-refractivity contribution < 1.29 is 9.59 Å². The van der Waals surface area contributed by atoms with Gasteiger partial charge in [-0.05, 0) is 13.8 Å². The number of carbonyl (C=O) groups excluding carboxylic acids is 2. The minimum Gasteiger partial charge on any atom is -0.343 e. The summed E-state index contributed by atoms with van der Waals surface area (Å²) < 4.78 is 0. The van der Waals surface area contributed by atoms with E-state index in [-0.39, 0.29) is 5.91 Å². The van der Waals surface area contributed by atoms with E-state index < -0.39 is 0 Å². The fourth-order valence-electron chi connectivity index (χ4n) is 2.08. The van der Waals surface area contributed by atoms with Crippen LogP contribution >= 0.6 is 0 Å². The number of rotatable bonds is 6.